The standard InChI is InChI=1S/C14H14F2N4/c15-10-3-1-2-9(6-10)7-18-13-11-8-17-5-4-12(11)19-14(16)20-13/h1-3,6,17H,4-5,7-8H2,(H,18,19,20). The predicted molar refractivity (Wildman–Crippen MR) is 71.1 cm³/mol. The second kappa shape index (κ2) is 5.50. The topological polar surface area (TPSA) is 49.8 Å². The number of rotatable bonds is 3. The highest BCUT2D eigenvalue weighted by molar-refractivity contribution is 5.47. The van der Waals surface area contributed by atoms with Crippen LogP contribution in [0.3, 0.4) is 0 Å². The summed E-state index contributed by atoms with van der Waals surface area (Å²) in [5, 5.41) is 6.26. The minimum atomic E-state index is -0.729. The third-order valence-electron chi connectivity index (χ3n) is 3.25. The van der Waals surface area contributed by atoms with E-state index in [1.165, 1.54) is 12.1 Å². The molecule has 104 valence electrons. The van der Waals surface area contributed by atoms with Crippen molar-refractivity contribution in [3.8, 4) is 0 Å². The van der Waals surface area contributed by atoms with Gasteiger partial charge in [-0.15, -0.1) is 0 Å². The number of halogens is 2. The Kier molecular flexibility index (Phi) is 3.56. The molecule has 0 spiro atoms. The van der Waals surface area contributed by atoms with Crippen LogP contribution in [0.15, 0.2) is 24.3 Å². The zero-order valence-corrected chi connectivity index (χ0v) is 10.8. The number of anilines is 1. The van der Waals surface area contributed by atoms with E-state index < -0.39 is 6.08 Å². The number of nitrogens with one attached hydrogen (secondary N) is 2. The summed E-state index contributed by atoms with van der Waals surface area (Å²) in [4.78, 5) is 7.63. The first-order valence-corrected chi connectivity index (χ1v) is 6.47. The van der Waals surface area contributed by atoms with E-state index in [1.807, 2.05) is 0 Å². The van der Waals surface area contributed by atoms with Gasteiger partial charge < -0.3 is 10.6 Å². The summed E-state index contributed by atoms with van der Waals surface area (Å²) in [6.07, 6.45) is -0.0453. The molecule has 0 radical (unpaired) electrons. The van der Waals surface area contributed by atoms with E-state index in [-0.39, 0.29) is 5.82 Å². The van der Waals surface area contributed by atoms with Crippen LogP contribution in [0.2, 0.25) is 0 Å². The van der Waals surface area contributed by atoms with E-state index in [1.54, 1.807) is 12.1 Å². The van der Waals surface area contributed by atoms with E-state index in [0.29, 0.717) is 25.3 Å². The van der Waals surface area contributed by atoms with Crippen molar-refractivity contribution in [2.75, 3.05) is 11.9 Å². The Hall–Kier alpha value is -2.08. The number of hydrogen-bond donors (Lipinski definition) is 2. The van der Waals surface area contributed by atoms with Gasteiger partial charge >= 0.3 is 6.08 Å². The van der Waals surface area contributed by atoms with Crippen LogP contribution in [-0.4, -0.2) is 16.5 Å². The summed E-state index contributed by atoms with van der Waals surface area (Å²) in [5.74, 6) is 0.186. The lowest BCUT2D eigenvalue weighted by atomic mass is 10.1. The van der Waals surface area contributed by atoms with E-state index in [9.17, 15) is 8.78 Å². The van der Waals surface area contributed by atoms with Crippen LogP contribution in [0.5, 0.6) is 0 Å². The molecule has 0 unspecified atom stereocenters. The third-order valence-corrected chi connectivity index (χ3v) is 3.25. The molecule has 2 aromatic rings. The Bertz CT molecular complexity index is 631. The molecule has 1 aliphatic heterocycles. The van der Waals surface area contributed by atoms with Crippen LogP contribution in [0.25, 0.3) is 0 Å². The molecule has 0 saturated heterocycles. The van der Waals surface area contributed by atoms with Crippen molar-refractivity contribution in [1.82, 2.24) is 15.3 Å². The average Bonchev–Trinajstić information content (AvgIpc) is 2.44. The van der Waals surface area contributed by atoms with Gasteiger partial charge in [0.15, 0.2) is 0 Å². The lowest BCUT2D eigenvalue weighted by molar-refractivity contribution is 0.517. The molecular weight excluding hydrogens is 262 g/mol. The van der Waals surface area contributed by atoms with Crippen LogP contribution in [0.4, 0.5) is 14.6 Å². The molecule has 0 bridgehead atoms. The first-order chi connectivity index (χ1) is 9.72. The average molecular weight is 276 g/mol. The molecule has 1 aromatic heterocycles. The monoisotopic (exact) mass is 276 g/mol. The van der Waals surface area contributed by atoms with Gasteiger partial charge in [0.25, 0.3) is 0 Å². The molecule has 0 atom stereocenters. The van der Waals surface area contributed by atoms with E-state index >= 15 is 0 Å². The molecule has 6 heteroatoms. The fraction of sp³-hybridized carbons (Fsp3) is 0.286. The van der Waals surface area contributed by atoms with Crippen molar-refractivity contribution in [3.05, 3.63) is 53.0 Å². The molecule has 0 fully saturated rings. The van der Waals surface area contributed by atoms with Crippen LogP contribution >= 0.6 is 0 Å². The van der Waals surface area contributed by atoms with E-state index in [0.717, 1.165) is 23.4 Å². The summed E-state index contributed by atoms with van der Waals surface area (Å²) in [5.41, 5.74) is 2.40. The highest BCUT2D eigenvalue weighted by Gasteiger charge is 2.17. The van der Waals surface area contributed by atoms with Crippen LogP contribution in [0.1, 0.15) is 16.8 Å². The van der Waals surface area contributed by atoms with E-state index in [4.69, 9.17) is 0 Å². The first kappa shape index (κ1) is 12.9. The van der Waals surface area contributed by atoms with Crippen LogP contribution < -0.4 is 10.6 Å². The second-order valence-electron chi connectivity index (χ2n) is 4.68. The van der Waals surface area contributed by atoms with Crippen LogP contribution in [-0.2, 0) is 19.5 Å². The zero-order valence-electron chi connectivity index (χ0n) is 10.8. The summed E-state index contributed by atoms with van der Waals surface area (Å²) < 4.78 is 26.5. The molecule has 3 rings (SSSR count). The molecular formula is C14H14F2N4. The van der Waals surface area contributed by atoms with Crippen molar-refractivity contribution in [2.24, 2.45) is 0 Å². The molecule has 2 heterocycles. The van der Waals surface area contributed by atoms with Crippen molar-refractivity contribution in [2.45, 2.75) is 19.5 Å². The lowest BCUT2D eigenvalue weighted by Gasteiger charge is -2.19. The van der Waals surface area contributed by atoms with Gasteiger partial charge in [-0.05, 0) is 17.7 Å². The Morgan fingerprint density at radius 2 is 2.15 bits per heavy atom. The van der Waals surface area contributed by atoms with Gasteiger partial charge in [0.2, 0.25) is 0 Å². The Morgan fingerprint density at radius 3 is 3.00 bits per heavy atom. The smallest absolute Gasteiger partial charge is 0.310 e. The van der Waals surface area contributed by atoms with Crippen molar-refractivity contribution in [1.29, 1.82) is 0 Å². The van der Waals surface area contributed by atoms with Crippen molar-refractivity contribution >= 4 is 5.82 Å². The summed E-state index contributed by atoms with van der Waals surface area (Å²) in [6, 6.07) is 6.27. The normalized spacial score (nSPS) is 13.9. The lowest BCUT2D eigenvalue weighted by Crippen LogP contribution is -2.27. The SMILES string of the molecule is Fc1cccc(CNc2nc(F)nc3c2CNCC3)c1. The summed E-state index contributed by atoms with van der Waals surface area (Å²) in [6.45, 7) is 1.79. The maximum absolute atomic E-state index is 13.4. The quantitative estimate of drug-likeness (QED) is 0.842. The predicted octanol–water partition coefficient (Wildman–Crippen LogP) is 2.01. The number of benzene rings is 1. The Morgan fingerprint density at radius 1 is 1.25 bits per heavy atom. The first-order valence-electron chi connectivity index (χ1n) is 6.47. The molecule has 1 aliphatic rings. The Balaban J connectivity index is 1.82. The summed E-state index contributed by atoms with van der Waals surface area (Å²) in [7, 11) is 0. The molecule has 0 aliphatic carbocycles. The number of fused-ring (bicyclic) bond motifs is 1. The maximum atomic E-state index is 13.4. The third kappa shape index (κ3) is 2.75. The highest BCUT2D eigenvalue weighted by atomic mass is 19.1. The number of hydrogen-bond acceptors (Lipinski definition) is 4. The molecule has 2 N–H and O–H groups in total. The Labute approximate surface area is 115 Å². The van der Waals surface area contributed by atoms with Gasteiger partial charge in [-0.25, -0.2) is 9.37 Å². The van der Waals surface area contributed by atoms with Gasteiger partial charge in [-0.3, -0.25) is 0 Å². The minimum absolute atomic E-state index is 0.290. The van der Waals surface area contributed by atoms with E-state index in [2.05, 4.69) is 20.6 Å². The summed E-state index contributed by atoms with van der Waals surface area (Å²) >= 11 is 0. The molecule has 1 aromatic carbocycles. The zero-order chi connectivity index (χ0) is 13.9. The minimum Gasteiger partial charge on any atom is -0.366 e. The molecule has 4 nitrogen and oxygen atoms in total. The van der Waals surface area contributed by atoms with Gasteiger partial charge in [-0.1, -0.05) is 12.1 Å². The number of aromatic nitrogens is 2. The second-order valence-corrected chi connectivity index (χ2v) is 4.68. The van der Waals surface area contributed by atoms with Crippen molar-refractivity contribution < 1.29 is 8.78 Å². The highest BCUT2D eigenvalue weighted by Crippen LogP contribution is 2.20. The van der Waals surface area contributed by atoms with Crippen molar-refractivity contribution in [3.63, 3.8) is 0 Å². The van der Waals surface area contributed by atoms with Gasteiger partial charge in [-0.2, -0.15) is 9.37 Å². The fourth-order valence-corrected chi connectivity index (χ4v) is 2.29. The molecule has 0 amide bonds. The molecule has 20 heavy (non-hydrogen) atoms. The molecule has 0 saturated carbocycles. The largest absolute Gasteiger partial charge is 0.366 e. The van der Waals surface area contributed by atoms with Crippen LogP contribution in [0, 0.1) is 11.9 Å². The van der Waals surface area contributed by atoms with Gasteiger partial charge in [0, 0.05) is 31.6 Å². The van der Waals surface area contributed by atoms with Gasteiger partial charge in [0.05, 0.1) is 5.69 Å². The fourth-order valence-electron chi connectivity index (χ4n) is 2.29. The number of nitrogens with zero attached hydrogens (tertiary/aromatic N) is 2. The van der Waals surface area contributed by atoms with Gasteiger partial charge in [0.1, 0.15) is 11.6 Å². The maximum Gasteiger partial charge on any atom is 0.310 e.